The highest BCUT2D eigenvalue weighted by Gasteiger charge is 2.35. The second-order valence-electron chi connectivity index (χ2n) is 5.59. The minimum absolute atomic E-state index is 0.203. The van der Waals surface area contributed by atoms with Gasteiger partial charge in [0, 0.05) is 13.1 Å². The van der Waals surface area contributed by atoms with Gasteiger partial charge in [0.25, 0.3) is 0 Å². The number of aliphatic carboxylic acids is 1. The summed E-state index contributed by atoms with van der Waals surface area (Å²) in [5, 5.41) is 14.5. The van der Waals surface area contributed by atoms with Gasteiger partial charge in [-0.25, -0.2) is 4.79 Å². The van der Waals surface area contributed by atoms with Crippen LogP contribution in [0.15, 0.2) is 0 Å². The van der Waals surface area contributed by atoms with Crippen molar-refractivity contribution in [3.05, 3.63) is 0 Å². The van der Waals surface area contributed by atoms with E-state index in [0.717, 1.165) is 12.8 Å². The Morgan fingerprint density at radius 2 is 1.95 bits per heavy atom. The minimum Gasteiger partial charge on any atom is -0.481 e. The molecule has 1 atom stereocenters. The molecule has 0 heterocycles. The fraction of sp³-hybridized carbons (Fsp3) is 0.857. The van der Waals surface area contributed by atoms with Gasteiger partial charge >= 0.3 is 12.0 Å². The lowest BCUT2D eigenvalue weighted by molar-refractivity contribution is -0.141. The predicted octanol–water partition coefficient (Wildman–Crippen LogP) is 2.37. The van der Waals surface area contributed by atoms with E-state index in [4.69, 9.17) is 5.11 Å². The predicted molar refractivity (Wildman–Crippen MR) is 74.0 cm³/mol. The van der Waals surface area contributed by atoms with Crippen LogP contribution in [0.4, 0.5) is 4.79 Å². The number of amides is 2. The summed E-state index contributed by atoms with van der Waals surface area (Å²) in [4.78, 5) is 22.6. The maximum Gasteiger partial charge on any atom is 0.314 e. The van der Waals surface area contributed by atoms with Crippen LogP contribution in [0.3, 0.4) is 0 Å². The van der Waals surface area contributed by atoms with Crippen LogP contribution in [0.25, 0.3) is 0 Å². The fourth-order valence-electron chi connectivity index (χ4n) is 2.54. The van der Waals surface area contributed by atoms with Gasteiger partial charge in [-0.2, -0.15) is 0 Å². The molecule has 0 saturated heterocycles. The quantitative estimate of drug-likeness (QED) is 0.633. The Labute approximate surface area is 115 Å². The molecule has 1 saturated carbocycles. The van der Waals surface area contributed by atoms with Crippen molar-refractivity contribution in [2.75, 3.05) is 13.1 Å². The minimum atomic E-state index is -0.842. The lowest BCUT2D eigenvalue weighted by Crippen LogP contribution is -2.46. The second-order valence-corrected chi connectivity index (χ2v) is 5.59. The van der Waals surface area contributed by atoms with Crippen LogP contribution >= 0.6 is 0 Å². The number of hydrogen-bond donors (Lipinski definition) is 3. The molecule has 0 aromatic carbocycles. The summed E-state index contributed by atoms with van der Waals surface area (Å²) in [6, 6.07) is -0.248. The molecule has 5 nitrogen and oxygen atoms in total. The molecule has 1 unspecified atom stereocenters. The average Bonchev–Trinajstić information content (AvgIpc) is 2.33. The van der Waals surface area contributed by atoms with Crippen LogP contribution in [0.1, 0.15) is 52.4 Å². The highest BCUT2D eigenvalue weighted by molar-refractivity contribution is 5.75. The second kappa shape index (κ2) is 7.36. The van der Waals surface area contributed by atoms with Gasteiger partial charge in [0.05, 0.1) is 5.92 Å². The van der Waals surface area contributed by atoms with E-state index >= 15 is 0 Å². The summed E-state index contributed by atoms with van der Waals surface area (Å²) in [6.45, 7) is 4.99. The number of carboxylic acid groups (broad SMARTS) is 1. The summed E-state index contributed by atoms with van der Waals surface area (Å²) in [5.41, 5.74) is 0.285. The van der Waals surface area contributed by atoms with Gasteiger partial charge in [-0.1, -0.05) is 26.7 Å². The smallest absolute Gasteiger partial charge is 0.314 e. The van der Waals surface area contributed by atoms with Gasteiger partial charge in [-0.15, -0.1) is 0 Å². The van der Waals surface area contributed by atoms with Crippen molar-refractivity contribution in [1.29, 1.82) is 0 Å². The van der Waals surface area contributed by atoms with Crippen LogP contribution in [0.2, 0.25) is 0 Å². The molecule has 2 amide bonds. The van der Waals surface area contributed by atoms with Crippen LogP contribution in [0.5, 0.6) is 0 Å². The summed E-state index contributed by atoms with van der Waals surface area (Å²) in [5.74, 6) is -1.33. The van der Waals surface area contributed by atoms with Crippen LogP contribution in [-0.4, -0.2) is 30.2 Å². The van der Waals surface area contributed by atoms with E-state index < -0.39 is 11.9 Å². The molecule has 0 aromatic heterocycles. The van der Waals surface area contributed by atoms with E-state index in [1.807, 2.05) is 6.92 Å². The average molecular weight is 270 g/mol. The Bertz CT molecular complexity index is 308. The number of hydrogen-bond acceptors (Lipinski definition) is 2. The maximum absolute atomic E-state index is 11.7. The molecule has 110 valence electrons. The van der Waals surface area contributed by atoms with Crippen LogP contribution < -0.4 is 10.6 Å². The van der Waals surface area contributed by atoms with E-state index in [0.29, 0.717) is 13.0 Å². The topological polar surface area (TPSA) is 78.4 Å². The third-order valence-electron chi connectivity index (χ3n) is 4.28. The summed E-state index contributed by atoms with van der Waals surface area (Å²) in [7, 11) is 0. The zero-order valence-electron chi connectivity index (χ0n) is 12.0. The van der Waals surface area contributed by atoms with E-state index in [1.165, 1.54) is 19.3 Å². The highest BCUT2D eigenvalue weighted by Crippen LogP contribution is 2.42. The van der Waals surface area contributed by atoms with Crippen molar-refractivity contribution in [3.8, 4) is 0 Å². The third kappa shape index (κ3) is 4.73. The highest BCUT2D eigenvalue weighted by atomic mass is 16.4. The number of rotatable bonds is 8. The first kappa shape index (κ1) is 15.8. The monoisotopic (exact) mass is 270 g/mol. The molecule has 1 fully saturated rings. The van der Waals surface area contributed by atoms with Crippen molar-refractivity contribution in [3.63, 3.8) is 0 Å². The fourth-order valence-corrected chi connectivity index (χ4v) is 2.54. The third-order valence-corrected chi connectivity index (χ3v) is 4.28. The van der Waals surface area contributed by atoms with E-state index in [9.17, 15) is 9.59 Å². The van der Waals surface area contributed by atoms with Gasteiger partial charge < -0.3 is 15.7 Å². The van der Waals surface area contributed by atoms with Crippen molar-refractivity contribution in [2.45, 2.75) is 52.4 Å². The number of carbonyl (C=O) groups excluding carboxylic acids is 1. The lowest BCUT2D eigenvalue weighted by Gasteiger charge is -2.41. The Kier molecular flexibility index (Phi) is 6.12. The lowest BCUT2D eigenvalue weighted by atomic mass is 9.67. The van der Waals surface area contributed by atoms with Crippen LogP contribution in [0, 0.1) is 11.3 Å². The Hall–Kier alpha value is -1.26. The first-order chi connectivity index (χ1) is 9.03. The molecule has 0 aliphatic heterocycles. The molecular formula is C14H26N2O3. The van der Waals surface area contributed by atoms with Gasteiger partial charge in [0.2, 0.25) is 0 Å². The Morgan fingerprint density at radius 3 is 2.37 bits per heavy atom. The van der Waals surface area contributed by atoms with Gasteiger partial charge in [-0.05, 0) is 31.1 Å². The zero-order valence-corrected chi connectivity index (χ0v) is 12.0. The van der Waals surface area contributed by atoms with Gasteiger partial charge in [0.1, 0.15) is 0 Å². The standard InChI is InChI=1S/C14H26N2O3/c1-3-6-11(12(17)18)9-15-13(19)16-10-14(4-2)7-5-8-14/h11H,3-10H2,1-2H3,(H,17,18)(H2,15,16,19). The first-order valence-electron chi connectivity index (χ1n) is 7.27. The molecule has 1 rings (SSSR count). The van der Waals surface area contributed by atoms with E-state index in [1.54, 1.807) is 0 Å². The molecule has 5 heteroatoms. The van der Waals surface area contributed by atoms with Gasteiger partial charge in [0.15, 0.2) is 0 Å². The molecule has 1 aliphatic rings. The van der Waals surface area contributed by atoms with Crippen molar-refractivity contribution >= 4 is 12.0 Å². The maximum atomic E-state index is 11.7. The molecule has 0 bridgehead atoms. The normalized spacial score (nSPS) is 18.2. The number of urea groups is 1. The number of carboxylic acids is 1. The molecule has 19 heavy (non-hydrogen) atoms. The summed E-state index contributed by atoms with van der Waals surface area (Å²) < 4.78 is 0. The van der Waals surface area contributed by atoms with E-state index in [2.05, 4.69) is 17.6 Å². The van der Waals surface area contributed by atoms with Crippen molar-refractivity contribution in [1.82, 2.24) is 10.6 Å². The molecule has 3 N–H and O–H groups in total. The largest absolute Gasteiger partial charge is 0.481 e. The molecule has 0 radical (unpaired) electrons. The molecule has 1 aliphatic carbocycles. The zero-order chi connectivity index (χ0) is 14.3. The number of carbonyl (C=O) groups is 2. The Balaban J connectivity index is 2.25. The molecule has 0 spiro atoms. The SMILES string of the molecule is CCCC(CNC(=O)NCC1(CC)CCC1)C(=O)O. The van der Waals surface area contributed by atoms with Gasteiger partial charge in [-0.3, -0.25) is 4.79 Å². The summed E-state index contributed by atoms with van der Waals surface area (Å²) >= 11 is 0. The van der Waals surface area contributed by atoms with Crippen molar-refractivity contribution < 1.29 is 14.7 Å². The van der Waals surface area contributed by atoms with E-state index in [-0.39, 0.29) is 18.0 Å². The molecule has 0 aromatic rings. The van der Waals surface area contributed by atoms with Crippen LogP contribution in [-0.2, 0) is 4.79 Å². The first-order valence-corrected chi connectivity index (χ1v) is 7.27. The number of nitrogens with one attached hydrogen (secondary N) is 2. The van der Waals surface area contributed by atoms with Crippen molar-refractivity contribution in [2.24, 2.45) is 11.3 Å². The molecular weight excluding hydrogens is 244 g/mol. The Morgan fingerprint density at radius 1 is 1.26 bits per heavy atom. The summed E-state index contributed by atoms with van der Waals surface area (Å²) in [6.07, 6.45) is 6.08.